The highest BCUT2D eigenvalue weighted by molar-refractivity contribution is 5.27. The molecule has 0 bridgehead atoms. The molecule has 1 atom stereocenters. The summed E-state index contributed by atoms with van der Waals surface area (Å²) in [5.74, 6) is 0.872. The van der Waals surface area contributed by atoms with E-state index in [-0.39, 0.29) is 6.04 Å². The van der Waals surface area contributed by atoms with Crippen molar-refractivity contribution in [2.24, 2.45) is 0 Å². The number of ether oxygens (including phenoxy) is 1. The Bertz CT molecular complexity index is 371. The maximum atomic E-state index is 8.93. The predicted octanol–water partition coefficient (Wildman–Crippen LogP) is 2.66. The quantitative estimate of drug-likeness (QED) is 0.786. The third-order valence-electron chi connectivity index (χ3n) is 2.46. The first-order chi connectivity index (χ1) is 8.26. The standard InChI is InChI=1S/C14H20N2O/c1-3-8-16-13(11-15)7-9-17-14-6-4-5-12(2)10-14/h4-6,10,13,16H,3,7-9H2,1-2H3. The van der Waals surface area contributed by atoms with Crippen LogP contribution in [0.3, 0.4) is 0 Å². The summed E-state index contributed by atoms with van der Waals surface area (Å²) in [6.07, 6.45) is 1.75. The number of nitrogens with one attached hydrogen (secondary N) is 1. The van der Waals surface area contributed by atoms with Crippen molar-refractivity contribution < 1.29 is 4.74 Å². The molecular weight excluding hydrogens is 212 g/mol. The van der Waals surface area contributed by atoms with E-state index < -0.39 is 0 Å². The average Bonchev–Trinajstić information content (AvgIpc) is 2.33. The first kappa shape index (κ1) is 13.5. The maximum absolute atomic E-state index is 8.93. The minimum atomic E-state index is -0.111. The SMILES string of the molecule is CCCNC(C#N)CCOc1cccc(C)c1. The van der Waals surface area contributed by atoms with E-state index in [1.165, 1.54) is 5.56 Å². The summed E-state index contributed by atoms with van der Waals surface area (Å²) in [4.78, 5) is 0. The Balaban J connectivity index is 2.29. The van der Waals surface area contributed by atoms with Crippen molar-refractivity contribution in [2.75, 3.05) is 13.2 Å². The molecule has 17 heavy (non-hydrogen) atoms. The van der Waals surface area contributed by atoms with Gasteiger partial charge < -0.3 is 10.1 Å². The molecule has 0 heterocycles. The normalized spacial score (nSPS) is 11.8. The highest BCUT2D eigenvalue weighted by Crippen LogP contribution is 2.12. The monoisotopic (exact) mass is 232 g/mol. The van der Waals surface area contributed by atoms with Gasteiger partial charge in [-0.2, -0.15) is 5.26 Å². The lowest BCUT2D eigenvalue weighted by molar-refractivity contribution is 0.297. The molecule has 0 fully saturated rings. The Morgan fingerprint density at radius 1 is 1.47 bits per heavy atom. The van der Waals surface area contributed by atoms with Gasteiger partial charge in [-0.25, -0.2) is 0 Å². The highest BCUT2D eigenvalue weighted by atomic mass is 16.5. The molecule has 3 nitrogen and oxygen atoms in total. The summed E-state index contributed by atoms with van der Waals surface area (Å²) in [6.45, 7) is 5.57. The van der Waals surface area contributed by atoms with E-state index in [0.717, 1.165) is 18.7 Å². The lowest BCUT2D eigenvalue weighted by atomic mass is 10.2. The van der Waals surface area contributed by atoms with Gasteiger partial charge >= 0.3 is 0 Å². The Hall–Kier alpha value is -1.53. The topological polar surface area (TPSA) is 45.0 Å². The van der Waals surface area contributed by atoms with Crippen LogP contribution in [0.4, 0.5) is 0 Å². The van der Waals surface area contributed by atoms with Crippen molar-refractivity contribution in [1.29, 1.82) is 5.26 Å². The van der Waals surface area contributed by atoms with Crippen molar-refractivity contribution in [3.05, 3.63) is 29.8 Å². The van der Waals surface area contributed by atoms with Crippen LogP contribution in [0.1, 0.15) is 25.3 Å². The number of benzene rings is 1. The zero-order chi connectivity index (χ0) is 12.5. The third kappa shape index (κ3) is 5.37. The summed E-state index contributed by atoms with van der Waals surface area (Å²) in [6, 6.07) is 10.1. The second kappa shape index (κ2) is 7.70. The molecule has 1 aromatic rings. The van der Waals surface area contributed by atoms with E-state index in [1.54, 1.807) is 0 Å². The van der Waals surface area contributed by atoms with Crippen LogP contribution < -0.4 is 10.1 Å². The molecule has 1 N–H and O–H groups in total. The summed E-state index contributed by atoms with van der Waals surface area (Å²) in [7, 11) is 0. The van der Waals surface area contributed by atoms with Crippen LogP contribution in [0.5, 0.6) is 5.75 Å². The molecule has 0 spiro atoms. The summed E-state index contributed by atoms with van der Waals surface area (Å²) >= 11 is 0. The number of rotatable bonds is 7. The van der Waals surface area contributed by atoms with Gasteiger partial charge in [0.05, 0.1) is 18.7 Å². The number of hydrogen-bond acceptors (Lipinski definition) is 3. The molecule has 0 aliphatic heterocycles. The van der Waals surface area contributed by atoms with E-state index in [2.05, 4.69) is 18.3 Å². The molecule has 0 saturated heterocycles. The van der Waals surface area contributed by atoms with Crippen molar-refractivity contribution in [1.82, 2.24) is 5.32 Å². The van der Waals surface area contributed by atoms with E-state index in [1.807, 2.05) is 31.2 Å². The molecule has 0 aliphatic carbocycles. The maximum Gasteiger partial charge on any atom is 0.119 e. The van der Waals surface area contributed by atoms with Gasteiger partial charge in [-0.3, -0.25) is 0 Å². The average molecular weight is 232 g/mol. The second-order valence-electron chi connectivity index (χ2n) is 4.09. The van der Waals surface area contributed by atoms with Gasteiger partial charge in [0.15, 0.2) is 0 Å². The fraction of sp³-hybridized carbons (Fsp3) is 0.500. The Morgan fingerprint density at radius 3 is 2.94 bits per heavy atom. The molecule has 0 radical (unpaired) electrons. The van der Waals surface area contributed by atoms with Gasteiger partial charge in [0.25, 0.3) is 0 Å². The Kier molecular flexibility index (Phi) is 6.13. The molecule has 92 valence electrons. The number of nitriles is 1. The number of nitrogens with zero attached hydrogens (tertiary/aromatic N) is 1. The second-order valence-corrected chi connectivity index (χ2v) is 4.09. The zero-order valence-electron chi connectivity index (χ0n) is 10.6. The van der Waals surface area contributed by atoms with Gasteiger partial charge in [-0.15, -0.1) is 0 Å². The molecule has 1 aromatic carbocycles. The first-order valence-corrected chi connectivity index (χ1v) is 6.08. The molecule has 0 aliphatic rings. The summed E-state index contributed by atoms with van der Waals surface area (Å²) in [5.41, 5.74) is 1.18. The van der Waals surface area contributed by atoms with Crippen LogP contribution in [0.2, 0.25) is 0 Å². The molecule has 3 heteroatoms. The predicted molar refractivity (Wildman–Crippen MR) is 69.0 cm³/mol. The Morgan fingerprint density at radius 2 is 2.29 bits per heavy atom. The summed E-state index contributed by atoms with van der Waals surface area (Å²) < 4.78 is 5.61. The van der Waals surface area contributed by atoms with Gasteiger partial charge in [0.2, 0.25) is 0 Å². The minimum absolute atomic E-state index is 0.111. The van der Waals surface area contributed by atoms with Crippen molar-refractivity contribution in [2.45, 2.75) is 32.7 Å². The van der Waals surface area contributed by atoms with Gasteiger partial charge in [0.1, 0.15) is 5.75 Å². The molecular formula is C14H20N2O. The number of hydrogen-bond donors (Lipinski definition) is 1. The zero-order valence-corrected chi connectivity index (χ0v) is 10.6. The van der Waals surface area contributed by atoms with E-state index in [4.69, 9.17) is 10.00 Å². The fourth-order valence-corrected chi connectivity index (χ4v) is 1.53. The Labute approximate surface area is 103 Å². The van der Waals surface area contributed by atoms with Crippen molar-refractivity contribution >= 4 is 0 Å². The fourth-order valence-electron chi connectivity index (χ4n) is 1.53. The van der Waals surface area contributed by atoms with Crippen molar-refractivity contribution in [3.63, 3.8) is 0 Å². The lowest BCUT2D eigenvalue weighted by Crippen LogP contribution is -2.29. The molecule has 0 aromatic heterocycles. The van der Waals surface area contributed by atoms with Crippen LogP contribution in [0.15, 0.2) is 24.3 Å². The van der Waals surface area contributed by atoms with E-state index in [9.17, 15) is 0 Å². The van der Waals surface area contributed by atoms with E-state index >= 15 is 0 Å². The number of aryl methyl sites for hydroxylation is 1. The van der Waals surface area contributed by atoms with Crippen LogP contribution in [-0.4, -0.2) is 19.2 Å². The first-order valence-electron chi connectivity index (χ1n) is 6.08. The van der Waals surface area contributed by atoms with Gasteiger partial charge in [-0.1, -0.05) is 19.1 Å². The summed E-state index contributed by atoms with van der Waals surface area (Å²) in [5, 5.41) is 12.1. The van der Waals surface area contributed by atoms with Gasteiger partial charge in [0, 0.05) is 6.42 Å². The smallest absolute Gasteiger partial charge is 0.119 e. The van der Waals surface area contributed by atoms with Crippen LogP contribution >= 0.6 is 0 Å². The minimum Gasteiger partial charge on any atom is -0.493 e. The molecule has 1 unspecified atom stereocenters. The molecule has 1 rings (SSSR count). The van der Waals surface area contributed by atoms with Crippen LogP contribution in [0, 0.1) is 18.3 Å². The third-order valence-corrected chi connectivity index (χ3v) is 2.46. The highest BCUT2D eigenvalue weighted by Gasteiger charge is 2.05. The molecule has 0 saturated carbocycles. The van der Waals surface area contributed by atoms with Crippen LogP contribution in [-0.2, 0) is 0 Å². The lowest BCUT2D eigenvalue weighted by Gasteiger charge is -2.11. The van der Waals surface area contributed by atoms with E-state index in [0.29, 0.717) is 13.0 Å². The molecule has 0 amide bonds. The van der Waals surface area contributed by atoms with Gasteiger partial charge in [-0.05, 0) is 37.6 Å². The van der Waals surface area contributed by atoms with Crippen molar-refractivity contribution in [3.8, 4) is 11.8 Å². The largest absolute Gasteiger partial charge is 0.493 e. The van der Waals surface area contributed by atoms with Crippen LogP contribution in [0.25, 0.3) is 0 Å².